The number of nitrogens with one attached hydrogen (secondary N) is 1. The van der Waals surface area contributed by atoms with Crippen molar-refractivity contribution in [2.75, 3.05) is 11.9 Å². The number of nitrogens with zero attached hydrogens (tertiary/aromatic N) is 4. The number of hydrogen-bond donors (Lipinski definition) is 1. The van der Waals surface area contributed by atoms with Crippen LogP contribution in [0.25, 0.3) is 11.6 Å². The van der Waals surface area contributed by atoms with Crippen molar-refractivity contribution >= 4 is 11.9 Å². The predicted octanol–water partition coefficient (Wildman–Crippen LogP) is 3.09. The second-order valence-electron chi connectivity index (χ2n) is 5.99. The number of ether oxygens (including phenoxy) is 1. The molecular formula is C18H21N5O3. The van der Waals surface area contributed by atoms with Crippen LogP contribution < -0.4 is 10.1 Å². The maximum atomic E-state index is 12.1. The number of hydrogen-bond acceptors (Lipinski definition) is 6. The number of benzene rings is 1. The van der Waals surface area contributed by atoms with Crippen LogP contribution in [-0.4, -0.2) is 32.5 Å². The van der Waals surface area contributed by atoms with Gasteiger partial charge in [-0.1, -0.05) is 17.2 Å². The highest BCUT2D eigenvalue weighted by molar-refractivity contribution is 5.90. The SMILES string of the molecule is CCOc1ccc(CC(=O)Nc2nnc(-c3ccn(C(C)C)n3)o2)cc1. The number of anilines is 1. The lowest BCUT2D eigenvalue weighted by atomic mass is 10.1. The number of carbonyl (C=O) groups is 1. The average Bonchev–Trinajstić information content (AvgIpc) is 3.26. The van der Waals surface area contributed by atoms with Crippen LogP contribution in [0.2, 0.25) is 0 Å². The summed E-state index contributed by atoms with van der Waals surface area (Å²) >= 11 is 0. The van der Waals surface area contributed by atoms with Crippen LogP contribution in [0.15, 0.2) is 40.9 Å². The van der Waals surface area contributed by atoms with E-state index >= 15 is 0 Å². The molecule has 3 aromatic rings. The zero-order chi connectivity index (χ0) is 18.5. The summed E-state index contributed by atoms with van der Waals surface area (Å²) in [6, 6.07) is 9.45. The second kappa shape index (κ2) is 7.81. The van der Waals surface area contributed by atoms with E-state index in [1.807, 2.05) is 51.2 Å². The minimum Gasteiger partial charge on any atom is -0.494 e. The van der Waals surface area contributed by atoms with Gasteiger partial charge in [0.15, 0.2) is 0 Å². The Labute approximate surface area is 151 Å². The van der Waals surface area contributed by atoms with Gasteiger partial charge in [0.1, 0.15) is 11.4 Å². The smallest absolute Gasteiger partial charge is 0.322 e. The Morgan fingerprint density at radius 3 is 2.65 bits per heavy atom. The van der Waals surface area contributed by atoms with Crippen molar-refractivity contribution < 1.29 is 13.9 Å². The van der Waals surface area contributed by atoms with Crippen molar-refractivity contribution in [3.05, 3.63) is 42.1 Å². The first kappa shape index (κ1) is 17.7. The van der Waals surface area contributed by atoms with Gasteiger partial charge in [-0.15, -0.1) is 5.10 Å². The molecule has 0 saturated carbocycles. The molecule has 2 aromatic heterocycles. The molecule has 0 fully saturated rings. The summed E-state index contributed by atoms with van der Waals surface area (Å²) in [5.74, 6) is 0.803. The Kier molecular flexibility index (Phi) is 5.31. The first-order chi connectivity index (χ1) is 12.5. The lowest BCUT2D eigenvalue weighted by Crippen LogP contribution is -2.14. The molecule has 136 valence electrons. The Morgan fingerprint density at radius 2 is 2.00 bits per heavy atom. The summed E-state index contributed by atoms with van der Waals surface area (Å²) in [6.07, 6.45) is 2.04. The van der Waals surface area contributed by atoms with Crippen LogP contribution in [0.5, 0.6) is 5.75 Å². The van der Waals surface area contributed by atoms with Gasteiger partial charge in [-0.05, 0) is 44.5 Å². The lowest BCUT2D eigenvalue weighted by molar-refractivity contribution is -0.115. The maximum Gasteiger partial charge on any atom is 0.322 e. The first-order valence-electron chi connectivity index (χ1n) is 8.45. The van der Waals surface area contributed by atoms with E-state index < -0.39 is 0 Å². The maximum absolute atomic E-state index is 12.1. The van der Waals surface area contributed by atoms with Gasteiger partial charge in [0.2, 0.25) is 5.91 Å². The van der Waals surface area contributed by atoms with Crippen LogP contribution in [0.3, 0.4) is 0 Å². The van der Waals surface area contributed by atoms with Gasteiger partial charge < -0.3 is 9.15 Å². The van der Waals surface area contributed by atoms with Gasteiger partial charge in [-0.25, -0.2) is 0 Å². The van der Waals surface area contributed by atoms with E-state index in [9.17, 15) is 4.79 Å². The number of aromatic nitrogens is 4. The molecule has 0 unspecified atom stereocenters. The second-order valence-corrected chi connectivity index (χ2v) is 5.99. The van der Waals surface area contributed by atoms with Gasteiger partial charge in [0.05, 0.1) is 13.0 Å². The Morgan fingerprint density at radius 1 is 1.23 bits per heavy atom. The summed E-state index contributed by atoms with van der Waals surface area (Å²) < 4.78 is 12.6. The third-order valence-corrected chi connectivity index (χ3v) is 3.63. The standard InChI is InChI=1S/C18H21N5O3/c1-4-25-14-7-5-13(6-8-14)11-16(24)19-18-21-20-17(26-18)15-9-10-23(22-15)12(2)3/h5-10,12H,4,11H2,1-3H3,(H,19,21,24). The molecule has 8 heteroatoms. The Hall–Kier alpha value is -3.16. The van der Waals surface area contributed by atoms with Crippen molar-refractivity contribution in [1.82, 2.24) is 20.0 Å². The Bertz CT molecular complexity index is 867. The third kappa shape index (κ3) is 4.27. The molecule has 0 atom stereocenters. The van der Waals surface area contributed by atoms with Crippen molar-refractivity contribution in [2.24, 2.45) is 0 Å². The molecule has 2 heterocycles. The van der Waals surface area contributed by atoms with E-state index in [1.54, 1.807) is 10.7 Å². The lowest BCUT2D eigenvalue weighted by Gasteiger charge is -2.04. The summed E-state index contributed by atoms with van der Waals surface area (Å²) in [7, 11) is 0. The molecule has 8 nitrogen and oxygen atoms in total. The molecule has 0 aliphatic heterocycles. The van der Waals surface area contributed by atoms with Crippen LogP contribution >= 0.6 is 0 Å². The molecule has 0 bridgehead atoms. The van der Waals surface area contributed by atoms with Crippen molar-refractivity contribution in [3.8, 4) is 17.3 Å². The molecule has 0 radical (unpaired) electrons. The van der Waals surface area contributed by atoms with E-state index in [0.717, 1.165) is 11.3 Å². The van der Waals surface area contributed by atoms with Gasteiger partial charge >= 0.3 is 6.01 Å². The highest BCUT2D eigenvalue weighted by Gasteiger charge is 2.14. The highest BCUT2D eigenvalue weighted by atomic mass is 16.5. The molecule has 1 N–H and O–H groups in total. The van der Waals surface area contributed by atoms with Gasteiger partial charge in [-0.3, -0.25) is 14.8 Å². The minimum absolute atomic E-state index is 0.0510. The topological polar surface area (TPSA) is 95.1 Å². The molecule has 0 saturated heterocycles. The monoisotopic (exact) mass is 355 g/mol. The largest absolute Gasteiger partial charge is 0.494 e. The quantitative estimate of drug-likeness (QED) is 0.700. The number of rotatable bonds is 7. The van der Waals surface area contributed by atoms with E-state index in [0.29, 0.717) is 12.3 Å². The van der Waals surface area contributed by atoms with Crippen LogP contribution in [-0.2, 0) is 11.2 Å². The molecule has 1 aromatic carbocycles. The van der Waals surface area contributed by atoms with Crippen LogP contribution in [0.4, 0.5) is 6.01 Å². The number of amides is 1. The molecule has 1 amide bonds. The molecule has 26 heavy (non-hydrogen) atoms. The zero-order valence-corrected chi connectivity index (χ0v) is 15.0. The summed E-state index contributed by atoms with van der Waals surface area (Å²) in [5, 5.41) is 14.7. The van der Waals surface area contributed by atoms with Gasteiger partial charge in [0, 0.05) is 12.2 Å². The van der Waals surface area contributed by atoms with Crippen molar-refractivity contribution in [1.29, 1.82) is 0 Å². The minimum atomic E-state index is -0.239. The van der Waals surface area contributed by atoms with Gasteiger partial charge in [-0.2, -0.15) is 5.10 Å². The summed E-state index contributed by atoms with van der Waals surface area (Å²) in [4.78, 5) is 12.1. The Balaban J connectivity index is 1.60. The van der Waals surface area contributed by atoms with Crippen molar-refractivity contribution in [3.63, 3.8) is 0 Å². The van der Waals surface area contributed by atoms with Crippen LogP contribution in [0.1, 0.15) is 32.4 Å². The van der Waals surface area contributed by atoms with E-state index in [4.69, 9.17) is 9.15 Å². The fraction of sp³-hybridized carbons (Fsp3) is 0.333. The third-order valence-electron chi connectivity index (χ3n) is 3.63. The van der Waals surface area contributed by atoms with Gasteiger partial charge in [0.25, 0.3) is 5.89 Å². The fourth-order valence-electron chi connectivity index (χ4n) is 2.34. The molecule has 0 aliphatic carbocycles. The first-order valence-corrected chi connectivity index (χ1v) is 8.45. The van der Waals surface area contributed by atoms with E-state index in [1.165, 1.54) is 0 Å². The highest BCUT2D eigenvalue weighted by Crippen LogP contribution is 2.19. The fourth-order valence-corrected chi connectivity index (χ4v) is 2.34. The van der Waals surface area contributed by atoms with E-state index in [2.05, 4.69) is 20.6 Å². The summed E-state index contributed by atoms with van der Waals surface area (Å²) in [6.45, 7) is 6.58. The predicted molar refractivity (Wildman–Crippen MR) is 95.8 cm³/mol. The molecule has 0 spiro atoms. The normalized spacial score (nSPS) is 10.9. The van der Waals surface area contributed by atoms with Crippen LogP contribution in [0, 0.1) is 0 Å². The van der Waals surface area contributed by atoms with Crippen molar-refractivity contribution in [2.45, 2.75) is 33.2 Å². The average molecular weight is 355 g/mol. The summed E-state index contributed by atoms with van der Waals surface area (Å²) in [5.41, 5.74) is 1.43. The molecular weight excluding hydrogens is 334 g/mol. The molecule has 0 aliphatic rings. The zero-order valence-electron chi connectivity index (χ0n) is 15.0. The van der Waals surface area contributed by atoms with E-state index in [-0.39, 0.29) is 30.3 Å². The molecule has 3 rings (SSSR count). The number of carbonyl (C=O) groups excluding carboxylic acids is 1.